The maximum Gasteiger partial charge on any atom is 0.191 e. The van der Waals surface area contributed by atoms with E-state index in [2.05, 4.69) is 61.2 Å². The molecule has 1 aromatic carbocycles. The molecule has 0 saturated carbocycles. The van der Waals surface area contributed by atoms with Gasteiger partial charge in [0.1, 0.15) is 5.75 Å². The van der Waals surface area contributed by atoms with Crippen molar-refractivity contribution in [1.29, 1.82) is 0 Å². The molecule has 0 saturated heterocycles. The van der Waals surface area contributed by atoms with Gasteiger partial charge in [-0.05, 0) is 52.0 Å². The predicted molar refractivity (Wildman–Crippen MR) is 99.3 cm³/mol. The lowest BCUT2D eigenvalue weighted by atomic mass is 10.2. The largest absolute Gasteiger partial charge is 0.496 e. The van der Waals surface area contributed by atoms with Crippen LogP contribution in [0.15, 0.2) is 45.3 Å². The lowest BCUT2D eigenvalue weighted by Crippen LogP contribution is -1.99. The molecule has 4 nitrogen and oxygen atoms in total. The first-order chi connectivity index (χ1) is 11.2. The summed E-state index contributed by atoms with van der Waals surface area (Å²) in [5.41, 5.74) is 1.21. The van der Waals surface area contributed by atoms with Gasteiger partial charge in [0, 0.05) is 12.3 Å². The summed E-state index contributed by atoms with van der Waals surface area (Å²) in [7, 11) is 1.67. The third-order valence-electron chi connectivity index (χ3n) is 3.36. The van der Waals surface area contributed by atoms with Crippen LogP contribution in [0.3, 0.4) is 0 Å². The van der Waals surface area contributed by atoms with E-state index in [1.165, 1.54) is 5.56 Å². The van der Waals surface area contributed by atoms with Crippen molar-refractivity contribution in [3.63, 3.8) is 0 Å². The highest BCUT2D eigenvalue weighted by molar-refractivity contribution is 9.10. The molecule has 0 radical (unpaired) electrons. The highest BCUT2D eigenvalue weighted by atomic mass is 79.9. The molecule has 0 aliphatic heterocycles. The molecule has 0 amide bonds. The molecule has 0 unspecified atom stereocenters. The van der Waals surface area contributed by atoms with Crippen LogP contribution < -0.4 is 4.74 Å². The van der Waals surface area contributed by atoms with Crippen LogP contribution in [0.5, 0.6) is 5.75 Å². The molecular weight excluding hydrogens is 394 g/mol. The number of thioether (sulfide) groups is 1. The molecule has 2 aromatic heterocycles. The fraction of sp³-hybridized carbons (Fsp3) is 0.250. The van der Waals surface area contributed by atoms with E-state index in [0.29, 0.717) is 0 Å². The number of benzene rings is 1. The lowest BCUT2D eigenvalue weighted by Gasteiger charge is -2.08. The Morgan fingerprint density at radius 3 is 2.83 bits per heavy atom. The quantitative estimate of drug-likeness (QED) is 0.531. The van der Waals surface area contributed by atoms with Gasteiger partial charge in [0.2, 0.25) is 0 Å². The van der Waals surface area contributed by atoms with Gasteiger partial charge in [0.25, 0.3) is 0 Å². The number of nitrogens with zero attached hydrogens (tertiary/aromatic N) is 3. The average Bonchev–Trinajstić information content (AvgIpc) is 3.21. The molecule has 0 bridgehead atoms. The fourth-order valence-corrected chi connectivity index (χ4v) is 4.47. The zero-order chi connectivity index (χ0) is 16.2. The summed E-state index contributed by atoms with van der Waals surface area (Å²) in [6, 6.07) is 10.2. The normalized spacial score (nSPS) is 10.9. The van der Waals surface area contributed by atoms with Crippen LogP contribution in [0, 0.1) is 0 Å². The van der Waals surface area contributed by atoms with E-state index < -0.39 is 0 Å². The van der Waals surface area contributed by atoms with Crippen LogP contribution in [0.25, 0.3) is 10.7 Å². The van der Waals surface area contributed by atoms with Crippen molar-refractivity contribution in [2.45, 2.75) is 24.4 Å². The van der Waals surface area contributed by atoms with E-state index in [1.807, 2.05) is 12.1 Å². The van der Waals surface area contributed by atoms with Crippen LogP contribution >= 0.6 is 39.0 Å². The summed E-state index contributed by atoms with van der Waals surface area (Å²) in [6.45, 7) is 2.98. The van der Waals surface area contributed by atoms with Gasteiger partial charge in [0.15, 0.2) is 11.0 Å². The second-order valence-electron chi connectivity index (χ2n) is 4.79. The van der Waals surface area contributed by atoms with E-state index in [-0.39, 0.29) is 0 Å². The Hall–Kier alpha value is -1.31. The van der Waals surface area contributed by atoms with E-state index in [9.17, 15) is 0 Å². The van der Waals surface area contributed by atoms with Crippen LogP contribution in [-0.4, -0.2) is 21.9 Å². The van der Waals surface area contributed by atoms with Gasteiger partial charge in [-0.3, -0.25) is 0 Å². The Morgan fingerprint density at radius 1 is 1.30 bits per heavy atom. The Morgan fingerprint density at radius 2 is 2.17 bits per heavy atom. The number of hydrogen-bond acceptors (Lipinski definition) is 5. The smallest absolute Gasteiger partial charge is 0.191 e. The molecule has 0 N–H and O–H groups in total. The van der Waals surface area contributed by atoms with Crippen molar-refractivity contribution >= 4 is 39.0 Å². The molecule has 120 valence electrons. The van der Waals surface area contributed by atoms with Crippen LogP contribution in [-0.2, 0) is 12.3 Å². The maximum absolute atomic E-state index is 5.26. The van der Waals surface area contributed by atoms with Crippen molar-refractivity contribution < 1.29 is 4.74 Å². The van der Waals surface area contributed by atoms with Gasteiger partial charge in [-0.2, -0.15) is 0 Å². The fourth-order valence-electron chi connectivity index (χ4n) is 2.22. The van der Waals surface area contributed by atoms with Crippen molar-refractivity contribution in [2.75, 3.05) is 7.11 Å². The van der Waals surface area contributed by atoms with Crippen molar-refractivity contribution in [3.05, 3.63) is 45.7 Å². The van der Waals surface area contributed by atoms with Gasteiger partial charge >= 0.3 is 0 Å². The second kappa shape index (κ2) is 7.51. The van der Waals surface area contributed by atoms with Crippen molar-refractivity contribution in [1.82, 2.24) is 14.8 Å². The minimum absolute atomic E-state index is 0.838. The Balaban J connectivity index is 1.77. The van der Waals surface area contributed by atoms with E-state index in [4.69, 9.17) is 4.74 Å². The zero-order valence-electron chi connectivity index (χ0n) is 12.8. The molecule has 3 aromatic rings. The maximum atomic E-state index is 5.26. The number of hydrogen-bond donors (Lipinski definition) is 0. The minimum atomic E-state index is 0.838. The molecule has 2 heterocycles. The predicted octanol–water partition coefficient (Wildman–Crippen LogP) is 5.09. The summed E-state index contributed by atoms with van der Waals surface area (Å²) >= 11 is 6.91. The SMILES string of the molecule is CCn1c(SCc2ccc(OC)c(Br)c2)nnc1-c1cccs1. The van der Waals surface area contributed by atoms with Gasteiger partial charge < -0.3 is 9.30 Å². The molecule has 0 spiro atoms. The summed E-state index contributed by atoms with van der Waals surface area (Å²) < 4.78 is 8.39. The molecule has 0 aliphatic rings. The topological polar surface area (TPSA) is 39.9 Å². The van der Waals surface area contributed by atoms with Gasteiger partial charge in [-0.1, -0.05) is 23.9 Å². The Labute approximate surface area is 152 Å². The van der Waals surface area contributed by atoms with E-state index in [0.717, 1.165) is 38.4 Å². The number of aromatic nitrogens is 3. The number of methoxy groups -OCH3 is 1. The molecule has 0 aliphatic carbocycles. The molecular formula is C16H16BrN3OS2. The third-order valence-corrected chi connectivity index (χ3v) is 5.88. The molecule has 0 fully saturated rings. The monoisotopic (exact) mass is 409 g/mol. The van der Waals surface area contributed by atoms with Gasteiger partial charge in [0.05, 0.1) is 16.5 Å². The van der Waals surface area contributed by atoms with Gasteiger partial charge in [-0.15, -0.1) is 21.5 Å². The van der Waals surface area contributed by atoms with Gasteiger partial charge in [-0.25, -0.2) is 0 Å². The zero-order valence-corrected chi connectivity index (χ0v) is 16.0. The molecule has 0 atom stereocenters. The first-order valence-electron chi connectivity index (χ1n) is 7.15. The number of rotatable bonds is 6. The summed E-state index contributed by atoms with van der Waals surface area (Å²) in [5, 5.41) is 11.7. The van der Waals surface area contributed by atoms with Crippen LogP contribution in [0.1, 0.15) is 12.5 Å². The first-order valence-corrected chi connectivity index (χ1v) is 9.81. The highest BCUT2D eigenvalue weighted by Gasteiger charge is 2.14. The van der Waals surface area contributed by atoms with Crippen molar-refractivity contribution in [3.8, 4) is 16.5 Å². The number of halogens is 1. The number of ether oxygens (including phenoxy) is 1. The standard InChI is InChI=1S/C16H16BrN3OS2/c1-3-20-15(14-5-4-8-22-14)18-19-16(20)23-10-11-6-7-13(21-2)12(17)9-11/h4-9H,3,10H2,1-2H3. The van der Waals surface area contributed by atoms with Crippen molar-refractivity contribution in [2.24, 2.45) is 0 Å². The highest BCUT2D eigenvalue weighted by Crippen LogP contribution is 2.31. The van der Waals surface area contributed by atoms with Crippen LogP contribution in [0.2, 0.25) is 0 Å². The third kappa shape index (κ3) is 3.62. The van der Waals surface area contributed by atoms with E-state index in [1.54, 1.807) is 30.2 Å². The average molecular weight is 410 g/mol. The van der Waals surface area contributed by atoms with E-state index >= 15 is 0 Å². The second-order valence-corrected chi connectivity index (χ2v) is 7.53. The molecule has 3 rings (SSSR count). The summed E-state index contributed by atoms with van der Waals surface area (Å²) in [4.78, 5) is 1.15. The summed E-state index contributed by atoms with van der Waals surface area (Å²) in [6.07, 6.45) is 0. The Kier molecular flexibility index (Phi) is 5.40. The minimum Gasteiger partial charge on any atom is -0.496 e. The number of thiophene rings is 1. The molecule has 23 heavy (non-hydrogen) atoms. The Bertz CT molecular complexity index is 787. The molecule has 7 heteroatoms. The van der Waals surface area contributed by atoms with Crippen LogP contribution in [0.4, 0.5) is 0 Å². The first kappa shape index (κ1) is 16.5. The summed E-state index contributed by atoms with van der Waals surface area (Å²) in [5.74, 6) is 2.63. The lowest BCUT2D eigenvalue weighted by molar-refractivity contribution is 0.412.